The maximum absolute atomic E-state index is 12.4. The number of rotatable bonds is 4. The van der Waals surface area contributed by atoms with Crippen molar-refractivity contribution in [1.82, 2.24) is 15.2 Å². The molecule has 3 aromatic rings. The Morgan fingerprint density at radius 3 is 2.37 bits per heavy atom. The molecule has 5 rings (SSSR count). The topological polar surface area (TPSA) is 95.7 Å². The van der Waals surface area contributed by atoms with Crippen LogP contribution in [0.2, 0.25) is 5.02 Å². The van der Waals surface area contributed by atoms with Crippen LogP contribution in [-0.2, 0) is 0 Å². The Labute approximate surface area is 209 Å². The molecular weight excluding hydrogens is 464 g/mol. The lowest BCUT2D eigenvalue weighted by molar-refractivity contribution is 0.229. The van der Waals surface area contributed by atoms with Gasteiger partial charge in [-0.3, -0.25) is 4.90 Å². The smallest absolute Gasteiger partial charge is 0.324 e. The lowest BCUT2D eigenvalue weighted by Crippen LogP contribution is -2.43. The van der Waals surface area contributed by atoms with E-state index in [1.54, 1.807) is 47.3 Å². The summed E-state index contributed by atoms with van der Waals surface area (Å²) < 4.78 is 0. The summed E-state index contributed by atoms with van der Waals surface area (Å²) in [5, 5.41) is 24.7. The number of phenolic OH excluding ortho intramolecular Hbond substituents is 1. The summed E-state index contributed by atoms with van der Waals surface area (Å²) in [5.41, 5.74) is 3.52. The molecule has 0 aliphatic carbocycles. The zero-order chi connectivity index (χ0) is 24.5. The van der Waals surface area contributed by atoms with Crippen LogP contribution >= 0.6 is 11.6 Å². The van der Waals surface area contributed by atoms with Crippen LogP contribution in [0.4, 0.5) is 16.3 Å². The Morgan fingerprint density at radius 2 is 1.74 bits per heavy atom. The van der Waals surface area contributed by atoms with E-state index in [1.165, 1.54) is 0 Å². The van der Waals surface area contributed by atoms with Crippen molar-refractivity contribution in [3.05, 3.63) is 59.2 Å². The van der Waals surface area contributed by atoms with Gasteiger partial charge < -0.3 is 20.2 Å². The maximum Gasteiger partial charge on any atom is 0.324 e. The van der Waals surface area contributed by atoms with Gasteiger partial charge >= 0.3 is 6.03 Å². The number of benzene rings is 2. The van der Waals surface area contributed by atoms with Crippen LogP contribution < -0.4 is 15.1 Å². The van der Waals surface area contributed by atoms with Gasteiger partial charge in [-0.2, -0.15) is 5.26 Å². The van der Waals surface area contributed by atoms with Gasteiger partial charge in [-0.05, 0) is 47.5 Å². The minimum atomic E-state index is -0.103. The molecule has 2 aliphatic heterocycles. The fourth-order valence-corrected chi connectivity index (χ4v) is 4.84. The molecule has 2 aromatic carbocycles. The molecule has 0 radical (unpaired) electrons. The predicted octanol–water partition coefficient (Wildman–Crippen LogP) is 3.93. The number of anilines is 2. The number of pyridine rings is 1. The first-order valence-electron chi connectivity index (χ1n) is 11.5. The summed E-state index contributed by atoms with van der Waals surface area (Å²) in [4.78, 5) is 22.4. The van der Waals surface area contributed by atoms with Gasteiger partial charge in [0.05, 0.1) is 22.3 Å². The van der Waals surface area contributed by atoms with Gasteiger partial charge in [0, 0.05) is 63.6 Å². The fraction of sp³-hybridized carbons (Fsp3) is 0.269. The lowest BCUT2D eigenvalue weighted by Gasteiger charge is -2.28. The quantitative estimate of drug-likeness (QED) is 0.577. The number of carbonyl (C=O) groups is 1. The summed E-state index contributed by atoms with van der Waals surface area (Å²) >= 11 is 6.58. The molecule has 2 fully saturated rings. The largest absolute Gasteiger partial charge is 0.507 e. The number of nitrogens with one attached hydrogen (secondary N) is 1. The number of halogens is 1. The van der Waals surface area contributed by atoms with Gasteiger partial charge in [-0.1, -0.05) is 17.7 Å². The Bertz CT molecular complexity index is 1330. The zero-order valence-corrected chi connectivity index (χ0v) is 20.1. The van der Waals surface area contributed by atoms with E-state index < -0.39 is 0 Å². The number of nitrogens with zero attached hydrogens (tertiary/aromatic N) is 5. The van der Waals surface area contributed by atoms with E-state index in [2.05, 4.69) is 21.3 Å². The Morgan fingerprint density at radius 1 is 1.03 bits per heavy atom. The average Bonchev–Trinajstić information content (AvgIpc) is 3.22. The highest BCUT2D eigenvalue weighted by Gasteiger charge is 2.28. The van der Waals surface area contributed by atoms with Gasteiger partial charge in [-0.25, -0.2) is 9.78 Å². The van der Waals surface area contributed by atoms with Crippen molar-refractivity contribution in [3.8, 4) is 34.1 Å². The third-order valence-electron chi connectivity index (χ3n) is 6.50. The first kappa shape index (κ1) is 23.0. The molecule has 9 heteroatoms. The molecular formula is C26H25ClN6O2. The molecule has 0 bridgehead atoms. The predicted molar refractivity (Wildman–Crippen MR) is 137 cm³/mol. The van der Waals surface area contributed by atoms with Crippen LogP contribution in [0.1, 0.15) is 5.56 Å². The third kappa shape index (κ3) is 4.36. The third-order valence-corrected chi connectivity index (χ3v) is 6.81. The van der Waals surface area contributed by atoms with Crippen LogP contribution in [0.3, 0.4) is 0 Å². The Balaban J connectivity index is 1.54. The number of likely N-dealkylation sites (N-methyl/N-ethyl adjacent to an activating group) is 1. The van der Waals surface area contributed by atoms with E-state index in [0.29, 0.717) is 46.1 Å². The number of aromatic nitrogens is 1. The first-order chi connectivity index (χ1) is 17.0. The highest BCUT2D eigenvalue weighted by Crippen LogP contribution is 2.42. The number of hydrogen-bond acceptors (Lipinski definition) is 6. The highest BCUT2D eigenvalue weighted by molar-refractivity contribution is 6.34. The average molecular weight is 489 g/mol. The summed E-state index contributed by atoms with van der Waals surface area (Å²) in [6, 6.07) is 14.5. The molecule has 0 atom stereocenters. The van der Waals surface area contributed by atoms with Crippen LogP contribution in [0.5, 0.6) is 5.75 Å². The fourth-order valence-electron chi connectivity index (χ4n) is 4.56. The normalized spacial score (nSPS) is 16.0. The van der Waals surface area contributed by atoms with Crippen LogP contribution in [0.25, 0.3) is 22.3 Å². The van der Waals surface area contributed by atoms with Crippen molar-refractivity contribution in [2.45, 2.75) is 0 Å². The van der Waals surface area contributed by atoms with E-state index in [-0.39, 0.29) is 11.8 Å². The summed E-state index contributed by atoms with van der Waals surface area (Å²) in [5.74, 6) is 0.891. The first-order valence-corrected chi connectivity index (χ1v) is 11.9. The van der Waals surface area contributed by atoms with E-state index >= 15 is 0 Å². The second kappa shape index (κ2) is 9.45. The summed E-state index contributed by atoms with van der Waals surface area (Å²) in [6.45, 7) is 4.68. The molecule has 2 aliphatic rings. The minimum absolute atomic E-state index is 0.0576. The molecule has 8 nitrogen and oxygen atoms in total. The lowest BCUT2D eigenvalue weighted by atomic mass is 9.95. The molecule has 35 heavy (non-hydrogen) atoms. The Kier molecular flexibility index (Phi) is 6.20. The van der Waals surface area contributed by atoms with E-state index in [4.69, 9.17) is 11.6 Å². The van der Waals surface area contributed by atoms with Crippen molar-refractivity contribution < 1.29 is 9.90 Å². The van der Waals surface area contributed by atoms with Crippen molar-refractivity contribution in [2.24, 2.45) is 0 Å². The SMILES string of the molecule is CN1CCN(c2ccc(-c3cc(C#N)cc(-c4ccnc(N5CCNCC5)c4)c3O)cc2Cl)C1=O. The molecule has 0 unspecified atom stereocenters. The van der Waals surface area contributed by atoms with Gasteiger partial charge in [0.15, 0.2) is 0 Å². The van der Waals surface area contributed by atoms with E-state index in [9.17, 15) is 15.2 Å². The molecule has 0 saturated carbocycles. The number of phenols is 1. The molecule has 3 heterocycles. The van der Waals surface area contributed by atoms with Crippen molar-refractivity contribution in [3.63, 3.8) is 0 Å². The molecule has 0 spiro atoms. The number of amides is 2. The number of piperazine rings is 1. The van der Waals surface area contributed by atoms with Gasteiger partial charge in [-0.15, -0.1) is 0 Å². The Hall–Kier alpha value is -3.80. The second-order valence-electron chi connectivity index (χ2n) is 8.69. The van der Waals surface area contributed by atoms with Crippen molar-refractivity contribution in [2.75, 3.05) is 56.1 Å². The standard InChI is InChI=1S/C26H25ClN6O2/c1-31-10-11-33(26(31)35)23-3-2-18(14-22(23)27)20-12-17(16-28)13-21(25(20)34)19-4-5-30-24(15-19)32-8-6-29-7-9-32/h2-5,12-15,29,34H,6-11H2,1H3. The molecule has 2 amide bonds. The monoisotopic (exact) mass is 488 g/mol. The number of carbonyl (C=O) groups excluding carboxylic acids is 1. The number of aromatic hydroxyl groups is 1. The van der Waals surface area contributed by atoms with Gasteiger partial charge in [0.1, 0.15) is 11.6 Å². The molecule has 1 aromatic heterocycles. The minimum Gasteiger partial charge on any atom is -0.507 e. The number of nitriles is 1. The highest BCUT2D eigenvalue weighted by atomic mass is 35.5. The van der Waals surface area contributed by atoms with Crippen LogP contribution in [0.15, 0.2) is 48.7 Å². The van der Waals surface area contributed by atoms with Gasteiger partial charge in [0.25, 0.3) is 0 Å². The molecule has 2 N–H and O–H groups in total. The number of hydrogen-bond donors (Lipinski definition) is 2. The maximum atomic E-state index is 12.4. The van der Waals surface area contributed by atoms with Crippen LogP contribution in [0, 0.1) is 11.3 Å². The van der Waals surface area contributed by atoms with Crippen molar-refractivity contribution in [1.29, 1.82) is 5.26 Å². The summed E-state index contributed by atoms with van der Waals surface area (Å²) in [7, 11) is 1.75. The van der Waals surface area contributed by atoms with Crippen LogP contribution in [-0.4, -0.2) is 67.3 Å². The van der Waals surface area contributed by atoms with E-state index in [1.807, 2.05) is 18.2 Å². The summed E-state index contributed by atoms with van der Waals surface area (Å²) in [6.07, 6.45) is 1.72. The van der Waals surface area contributed by atoms with E-state index in [0.717, 1.165) is 37.6 Å². The van der Waals surface area contributed by atoms with Gasteiger partial charge in [0.2, 0.25) is 0 Å². The molecule has 2 saturated heterocycles. The second-order valence-corrected chi connectivity index (χ2v) is 9.10. The zero-order valence-electron chi connectivity index (χ0n) is 19.3. The number of urea groups is 1. The van der Waals surface area contributed by atoms with Crippen molar-refractivity contribution >= 4 is 29.1 Å². The molecule has 178 valence electrons.